The highest BCUT2D eigenvalue weighted by Crippen LogP contribution is 2.20. The Hall–Kier alpha value is -1.58. The summed E-state index contributed by atoms with van der Waals surface area (Å²) < 4.78 is 0.703. The maximum atomic E-state index is 11.5. The number of imide groups is 1. The van der Waals surface area contributed by atoms with Gasteiger partial charge in [-0.3, -0.25) is 10.1 Å². The molecule has 0 saturated heterocycles. The Morgan fingerprint density at radius 2 is 2.17 bits per heavy atom. The molecule has 0 aliphatic carbocycles. The van der Waals surface area contributed by atoms with E-state index in [4.69, 9.17) is 16.9 Å². The van der Waals surface area contributed by atoms with Crippen LogP contribution in [0.4, 0.5) is 10.5 Å². The normalized spacial score (nSPS) is 11.2. The Kier molecular flexibility index (Phi) is 5.13. The Balaban J connectivity index is 2.79. The third-order valence-corrected chi connectivity index (χ3v) is 2.64. The third kappa shape index (κ3) is 4.02. The van der Waals surface area contributed by atoms with E-state index in [-0.39, 0.29) is 0 Å². The van der Waals surface area contributed by atoms with Crippen molar-refractivity contribution >= 4 is 45.2 Å². The van der Waals surface area contributed by atoms with Crippen LogP contribution in [0.25, 0.3) is 0 Å². The summed E-state index contributed by atoms with van der Waals surface area (Å²) in [7, 11) is 0. The van der Waals surface area contributed by atoms with Gasteiger partial charge in [-0.2, -0.15) is 5.26 Å². The minimum absolute atomic E-state index is 0.291. The molecule has 0 saturated carbocycles. The molecule has 0 aliphatic rings. The molecule has 0 bridgehead atoms. The number of rotatable bonds is 2. The van der Waals surface area contributed by atoms with Crippen molar-refractivity contribution in [3.63, 3.8) is 0 Å². The number of hydrogen-bond donors (Lipinski definition) is 2. The summed E-state index contributed by atoms with van der Waals surface area (Å²) in [6, 6.07) is 5.98. The number of hydrogen-bond acceptors (Lipinski definition) is 3. The first kappa shape index (κ1) is 14.5. The lowest BCUT2D eigenvalue weighted by Gasteiger charge is -2.09. The smallest absolute Gasteiger partial charge is 0.306 e. The van der Waals surface area contributed by atoms with Crippen molar-refractivity contribution in [1.82, 2.24) is 5.32 Å². The molecule has 0 heterocycles. The van der Waals surface area contributed by atoms with Gasteiger partial charge in [-0.25, -0.2) is 4.79 Å². The number of urea groups is 1. The Morgan fingerprint density at radius 3 is 2.72 bits per heavy atom. The van der Waals surface area contributed by atoms with Crippen molar-refractivity contribution in [3.05, 3.63) is 28.2 Å². The van der Waals surface area contributed by atoms with Gasteiger partial charge in [0.05, 0.1) is 11.3 Å². The van der Waals surface area contributed by atoms with Crippen molar-refractivity contribution in [2.24, 2.45) is 0 Å². The molecular weight excluding hydrogens is 321 g/mol. The van der Waals surface area contributed by atoms with Crippen molar-refractivity contribution in [3.8, 4) is 6.07 Å². The molecule has 1 aromatic rings. The summed E-state index contributed by atoms with van der Waals surface area (Å²) in [5, 5.41) is 12.5. The molecule has 5 nitrogen and oxygen atoms in total. The number of nitriles is 1. The predicted octanol–water partition coefficient (Wildman–Crippen LogP) is 2.60. The van der Waals surface area contributed by atoms with Crippen molar-refractivity contribution < 1.29 is 9.59 Å². The van der Waals surface area contributed by atoms with Crippen molar-refractivity contribution in [1.29, 1.82) is 5.26 Å². The maximum absolute atomic E-state index is 11.5. The fourth-order valence-corrected chi connectivity index (χ4v) is 1.50. The molecule has 1 aromatic carbocycles. The molecule has 1 rings (SSSR count). The van der Waals surface area contributed by atoms with Crippen LogP contribution in [0.3, 0.4) is 0 Å². The lowest BCUT2D eigenvalue weighted by atomic mass is 10.2. The number of anilines is 1. The molecule has 0 spiro atoms. The standard InChI is InChI=1S/C11H9BrClN3O2/c1-6(13)10(17)16-11(18)15-9-4-8(12)3-2-7(9)5-14/h2-4,6H,1H3,(H2,15,16,17,18). The minimum Gasteiger partial charge on any atom is -0.306 e. The molecule has 1 unspecified atom stereocenters. The lowest BCUT2D eigenvalue weighted by Crippen LogP contribution is -2.38. The number of carbonyl (C=O) groups excluding carboxylic acids is 2. The van der Waals surface area contributed by atoms with E-state index in [0.29, 0.717) is 15.7 Å². The zero-order valence-corrected chi connectivity index (χ0v) is 11.7. The highest BCUT2D eigenvalue weighted by atomic mass is 79.9. The van der Waals surface area contributed by atoms with Gasteiger partial charge in [-0.05, 0) is 25.1 Å². The van der Waals surface area contributed by atoms with Gasteiger partial charge in [0.15, 0.2) is 0 Å². The minimum atomic E-state index is -0.811. The van der Waals surface area contributed by atoms with E-state index in [1.807, 2.05) is 6.07 Å². The highest BCUT2D eigenvalue weighted by Gasteiger charge is 2.14. The van der Waals surface area contributed by atoms with E-state index < -0.39 is 17.3 Å². The number of nitrogens with one attached hydrogen (secondary N) is 2. The first-order valence-corrected chi connectivity index (χ1v) is 6.12. The summed E-state index contributed by atoms with van der Waals surface area (Å²) in [6.45, 7) is 1.45. The first-order valence-electron chi connectivity index (χ1n) is 4.89. The molecule has 0 aromatic heterocycles. The molecular formula is C11H9BrClN3O2. The van der Waals surface area contributed by atoms with Gasteiger partial charge in [0.1, 0.15) is 11.4 Å². The van der Waals surface area contributed by atoms with Gasteiger partial charge in [-0.1, -0.05) is 15.9 Å². The van der Waals surface area contributed by atoms with Crippen molar-refractivity contribution in [2.45, 2.75) is 12.3 Å². The number of alkyl halides is 1. The quantitative estimate of drug-likeness (QED) is 0.818. The van der Waals surface area contributed by atoms with E-state index in [2.05, 4.69) is 26.6 Å². The topological polar surface area (TPSA) is 82.0 Å². The van der Waals surface area contributed by atoms with Gasteiger partial charge in [-0.15, -0.1) is 11.6 Å². The number of benzene rings is 1. The van der Waals surface area contributed by atoms with E-state index in [9.17, 15) is 9.59 Å². The van der Waals surface area contributed by atoms with Crippen LogP contribution in [0.1, 0.15) is 12.5 Å². The largest absolute Gasteiger partial charge is 0.325 e. The number of halogens is 2. The maximum Gasteiger partial charge on any atom is 0.325 e. The highest BCUT2D eigenvalue weighted by molar-refractivity contribution is 9.10. The molecule has 2 N–H and O–H groups in total. The van der Waals surface area contributed by atoms with Crippen LogP contribution in [0.15, 0.2) is 22.7 Å². The van der Waals surface area contributed by atoms with Crippen LogP contribution in [-0.2, 0) is 4.79 Å². The van der Waals surface area contributed by atoms with Crippen LogP contribution >= 0.6 is 27.5 Å². The second kappa shape index (κ2) is 6.38. The number of nitrogens with zero attached hydrogens (tertiary/aromatic N) is 1. The summed E-state index contributed by atoms with van der Waals surface area (Å²) in [5.74, 6) is -0.609. The average molecular weight is 331 g/mol. The Morgan fingerprint density at radius 1 is 1.50 bits per heavy atom. The fourth-order valence-electron chi connectivity index (χ4n) is 1.08. The molecule has 0 aliphatic heterocycles. The molecule has 3 amide bonds. The third-order valence-electron chi connectivity index (χ3n) is 1.95. The van der Waals surface area contributed by atoms with Gasteiger partial charge in [0, 0.05) is 4.47 Å². The molecule has 94 valence electrons. The average Bonchev–Trinajstić information content (AvgIpc) is 2.28. The van der Waals surface area contributed by atoms with Crippen LogP contribution in [0.2, 0.25) is 0 Å². The second-order valence-electron chi connectivity index (χ2n) is 3.36. The van der Waals surface area contributed by atoms with Gasteiger partial charge in [0.2, 0.25) is 5.91 Å². The van der Waals surface area contributed by atoms with Gasteiger partial charge < -0.3 is 5.32 Å². The van der Waals surface area contributed by atoms with Gasteiger partial charge in [0.25, 0.3) is 0 Å². The lowest BCUT2D eigenvalue weighted by molar-refractivity contribution is -0.119. The molecule has 1 atom stereocenters. The monoisotopic (exact) mass is 329 g/mol. The second-order valence-corrected chi connectivity index (χ2v) is 4.93. The molecule has 0 radical (unpaired) electrons. The number of amides is 3. The number of carbonyl (C=O) groups is 2. The Labute approximate surface area is 117 Å². The van der Waals surface area contributed by atoms with E-state index in [1.165, 1.54) is 6.92 Å². The predicted molar refractivity (Wildman–Crippen MR) is 71.3 cm³/mol. The van der Waals surface area contributed by atoms with Crippen LogP contribution in [0.5, 0.6) is 0 Å². The van der Waals surface area contributed by atoms with E-state index >= 15 is 0 Å². The van der Waals surface area contributed by atoms with Crippen LogP contribution < -0.4 is 10.6 Å². The SMILES string of the molecule is CC(Cl)C(=O)NC(=O)Nc1cc(Br)ccc1C#N. The first-order chi connectivity index (χ1) is 8.43. The van der Waals surface area contributed by atoms with E-state index in [0.717, 1.165) is 0 Å². The summed E-state index contributed by atoms with van der Waals surface area (Å²) in [5.41, 5.74) is 0.596. The summed E-state index contributed by atoms with van der Waals surface area (Å²) in [6.07, 6.45) is 0. The van der Waals surface area contributed by atoms with Crippen LogP contribution in [0, 0.1) is 11.3 Å². The zero-order valence-electron chi connectivity index (χ0n) is 9.33. The van der Waals surface area contributed by atoms with Crippen molar-refractivity contribution in [2.75, 3.05) is 5.32 Å². The summed E-state index contributed by atoms with van der Waals surface area (Å²) in [4.78, 5) is 22.7. The summed E-state index contributed by atoms with van der Waals surface area (Å²) >= 11 is 8.73. The molecule has 7 heteroatoms. The molecule has 18 heavy (non-hydrogen) atoms. The Bertz CT molecular complexity index is 526. The van der Waals surface area contributed by atoms with E-state index in [1.54, 1.807) is 18.2 Å². The zero-order chi connectivity index (χ0) is 13.7. The fraction of sp³-hybridized carbons (Fsp3) is 0.182. The molecule has 0 fully saturated rings. The van der Waals surface area contributed by atoms with Crippen LogP contribution in [-0.4, -0.2) is 17.3 Å². The van der Waals surface area contributed by atoms with Gasteiger partial charge >= 0.3 is 6.03 Å².